The topological polar surface area (TPSA) is 75.4 Å². The highest BCUT2D eigenvalue weighted by molar-refractivity contribution is 5.76. The van der Waals surface area contributed by atoms with Crippen molar-refractivity contribution in [2.75, 3.05) is 6.54 Å². The van der Waals surface area contributed by atoms with Gasteiger partial charge in [-0.15, -0.1) is 0 Å². The lowest BCUT2D eigenvalue weighted by molar-refractivity contribution is -0.121. The quantitative estimate of drug-likeness (QED) is 0.505. The molecule has 0 fully saturated rings. The van der Waals surface area contributed by atoms with Gasteiger partial charge in [-0.2, -0.15) is 0 Å². The van der Waals surface area contributed by atoms with Crippen LogP contribution in [0, 0.1) is 0 Å². The van der Waals surface area contributed by atoms with Crippen LogP contribution in [0.2, 0.25) is 0 Å². The van der Waals surface area contributed by atoms with Gasteiger partial charge in [0.25, 0.3) is 0 Å². The summed E-state index contributed by atoms with van der Waals surface area (Å²) < 4.78 is 0. The van der Waals surface area contributed by atoms with Crippen molar-refractivity contribution in [2.45, 2.75) is 32.4 Å². The monoisotopic (exact) mass is 160 g/mol. The van der Waals surface area contributed by atoms with E-state index >= 15 is 0 Å². The van der Waals surface area contributed by atoms with Crippen LogP contribution < -0.4 is 11.1 Å². The Hall–Kier alpha value is -0.610. The standard InChI is InChI=1S/C7H16N2O2/c1-5(8)3-7(11)9-4-6(2)10/h5-6,10H,3-4,8H2,1-2H3,(H,9,11)/t5?,6-/m0/s1. The molecule has 66 valence electrons. The molecule has 4 heteroatoms. The van der Waals surface area contributed by atoms with Crippen molar-refractivity contribution in [1.82, 2.24) is 5.32 Å². The van der Waals surface area contributed by atoms with Crippen LogP contribution in [0.3, 0.4) is 0 Å². The summed E-state index contributed by atoms with van der Waals surface area (Å²) in [5.41, 5.74) is 5.38. The lowest BCUT2D eigenvalue weighted by Crippen LogP contribution is -2.34. The van der Waals surface area contributed by atoms with Crippen LogP contribution in [0.5, 0.6) is 0 Å². The van der Waals surface area contributed by atoms with Crippen molar-refractivity contribution in [3.8, 4) is 0 Å². The van der Waals surface area contributed by atoms with E-state index in [0.717, 1.165) is 0 Å². The summed E-state index contributed by atoms with van der Waals surface area (Å²) in [6, 6.07) is -0.121. The molecule has 4 N–H and O–H groups in total. The molecule has 0 bridgehead atoms. The van der Waals surface area contributed by atoms with Crippen LogP contribution in [0.25, 0.3) is 0 Å². The van der Waals surface area contributed by atoms with E-state index in [1.165, 1.54) is 0 Å². The van der Waals surface area contributed by atoms with Gasteiger partial charge in [0, 0.05) is 19.0 Å². The van der Waals surface area contributed by atoms with Gasteiger partial charge in [-0.25, -0.2) is 0 Å². The fourth-order valence-electron chi connectivity index (χ4n) is 0.626. The van der Waals surface area contributed by atoms with Gasteiger partial charge in [-0.05, 0) is 13.8 Å². The van der Waals surface area contributed by atoms with E-state index in [1.54, 1.807) is 13.8 Å². The summed E-state index contributed by atoms with van der Waals surface area (Å²) in [6.45, 7) is 3.68. The van der Waals surface area contributed by atoms with E-state index in [-0.39, 0.29) is 11.9 Å². The van der Waals surface area contributed by atoms with Crippen LogP contribution in [0.4, 0.5) is 0 Å². The number of nitrogens with two attached hydrogens (primary N) is 1. The fraction of sp³-hybridized carbons (Fsp3) is 0.857. The van der Waals surface area contributed by atoms with Crippen molar-refractivity contribution >= 4 is 5.91 Å². The Bertz CT molecular complexity index is 124. The fourth-order valence-corrected chi connectivity index (χ4v) is 0.626. The minimum atomic E-state index is -0.493. The van der Waals surface area contributed by atoms with Gasteiger partial charge in [0.05, 0.1) is 6.10 Å². The Balaban J connectivity index is 3.38. The van der Waals surface area contributed by atoms with E-state index in [9.17, 15) is 4.79 Å². The summed E-state index contributed by atoms with van der Waals surface area (Å²) in [5, 5.41) is 11.3. The van der Waals surface area contributed by atoms with E-state index in [1.807, 2.05) is 0 Å². The van der Waals surface area contributed by atoms with Crippen LogP contribution in [-0.4, -0.2) is 29.7 Å². The van der Waals surface area contributed by atoms with Crippen molar-refractivity contribution in [2.24, 2.45) is 5.73 Å². The van der Waals surface area contributed by atoms with Gasteiger partial charge >= 0.3 is 0 Å². The predicted octanol–water partition coefficient (Wildman–Crippen LogP) is -0.779. The molecular formula is C7H16N2O2. The number of aliphatic hydroxyl groups excluding tert-OH is 1. The Kier molecular flexibility index (Phi) is 4.81. The molecule has 0 aromatic carbocycles. The first kappa shape index (κ1) is 10.4. The molecule has 0 saturated carbocycles. The molecule has 0 aliphatic rings. The smallest absolute Gasteiger partial charge is 0.221 e. The molecule has 0 aliphatic heterocycles. The zero-order chi connectivity index (χ0) is 8.85. The molecule has 0 rings (SSSR count). The summed E-state index contributed by atoms with van der Waals surface area (Å²) in [6.07, 6.45) is -0.181. The highest BCUT2D eigenvalue weighted by Crippen LogP contribution is 1.85. The molecule has 1 unspecified atom stereocenters. The first-order valence-corrected chi connectivity index (χ1v) is 3.72. The largest absolute Gasteiger partial charge is 0.392 e. The summed E-state index contributed by atoms with van der Waals surface area (Å²) >= 11 is 0. The molecule has 0 radical (unpaired) electrons. The first-order valence-electron chi connectivity index (χ1n) is 3.72. The molecule has 0 aliphatic carbocycles. The van der Waals surface area contributed by atoms with Crippen molar-refractivity contribution < 1.29 is 9.90 Å². The zero-order valence-corrected chi connectivity index (χ0v) is 7.00. The average molecular weight is 160 g/mol. The van der Waals surface area contributed by atoms with Crippen LogP contribution >= 0.6 is 0 Å². The summed E-state index contributed by atoms with van der Waals surface area (Å²) in [7, 11) is 0. The number of carbonyl (C=O) groups excluding carboxylic acids is 1. The van der Waals surface area contributed by atoms with Gasteiger partial charge in [0.15, 0.2) is 0 Å². The summed E-state index contributed by atoms with van der Waals surface area (Å²) in [4.78, 5) is 10.9. The van der Waals surface area contributed by atoms with E-state index in [4.69, 9.17) is 10.8 Å². The van der Waals surface area contributed by atoms with E-state index in [0.29, 0.717) is 13.0 Å². The van der Waals surface area contributed by atoms with Gasteiger partial charge in [0.1, 0.15) is 0 Å². The average Bonchev–Trinajstić information content (AvgIpc) is 1.82. The Morgan fingerprint density at radius 2 is 2.18 bits per heavy atom. The molecule has 2 atom stereocenters. The normalized spacial score (nSPS) is 15.6. The molecule has 0 spiro atoms. The highest BCUT2D eigenvalue weighted by atomic mass is 16.3. The molecule has 0 aromatic heterocycles. The Morgan fingerprint density at radius 1 is 1.64 bits per heavy atom. The number of aliphatic hydroxyl groups is 1. The predicted molar refractivity (Wildman–Crippen MR) is 43.0 cm³/mol. The molecular weight excluding hydrogens is 144 g/mol. The molecule has 0 aromatic rings. The molecule has 1 amide bonds. The van der Waals surface area contributed by atoms with Crippen LogP contribution in [-0.2, 0) is 4.79 Å². The second-order valence-corrected chi connectivity index (χ2v) is 2.83. The Labute approximate surface area is 66.8 Å². The van der Waals surface area contributed by atoms with E-state index in [2.05, 4.69) is 5.32 Å². The zero-order valence-electron chi connectivity index (χ0n) is 7.00. The third-order valence-electron chi connectivity index (χ3n) is 1.10. The number of hydrogen-bond acceptors (Lipinski definition) is 3. The number of amides is 1. The maximum Gasteiger partial charge on any atom is 0.221 e. The third kappa shape index (κ3) is 7.29. The Morgan fingerprint density at radius 3 is 2.55 bits per heavy atom. The van der Waals surface area contributed by atoms with E-state index < -0.39 is 6.10 Å². The second kappa shape index (κ2) is 5.09. The number of carbonyl (C=O) groups is 1. The van der Waals surface area contributed by atoms with Crippen LogP contribution in [0.15, 0.2) is 0 Å². The molecule has 0 heterocycles. The molecule has 4 nitrogen and oxygen atoms in total. The maximum absolute atomic E-state index is 10.9. The molecule has 0 saturated heterocycles. The van der Waals surface area contributed by atoms with Crippen molar-refractivity contribution in [1.29, 1.82) is 0 Å². The number of rotatable bonds is 4. The number of hydrogen-bond donors (Lipinski definition) is 3. The van der Waals surface area contributed by atoms with Gasteiger partial charge in [0.2, 0.25) is 5.91 Å². The SMILES string of the molecule is CC(N)CC(=O)NC[C@H](C)O. The summed E-state index contributed by atoms with van der Waals surface area (Å²) in [5.74, 6) is -0.110. The molecule has 11 heavy (non-hydrogen) atoms. The van der Waals surface area contributed by atoms with Crippen molar-refractivity contribution in [3.05, 3.63) is 0 Å². The minimum absolute atomic E-state index is 0.110. The van der Waals surface area contributed by atoms with Gasteiger partial charge in [-0.1, -0.05) is 0 Å². The number of nitrogens with one attached hydrogen (secondary N) is 1. The highest BCUT2D eigenvalue weighted by Gasteiger charge is 2.04. The maximum atomic E-state index is 10.9. The second-order valence-electron chi connectivity index (χ2n) is 2.83. The lowest BCUT2D eigenvalue weighted by Gasteiger charge is -2.08. The van der Waals surface area contributed by atoms with Crippen molar-refractivity contribution in [3.63, 3.8) is 0 Å². The van der Waals surface area contributed by atoms with Crippen LogP contribution in [0.1, 0.15) is 20.3 Å². The lowest BCUT2D eigenvalue weighted by atomic mass is 10.2. The van der Waals surface area contributed by atoms with Gasteiger partial charge in [-0.3, -0.25) is 4.79 Å². The van der Waals surface area contributed by atoms with Gasteiger partial charge < -0.3 is 16.2 Å². The third-order valence-corrected chi connectivity index (χ3v) is 1.10. The first-order chi connectivity index (χ1) is 5.02. The minimum Gasteiger partial charge on any atom is -0.392 e.